The van der Waals surface area contributed by atoms with Crippen molar-refractivity contribution in [2.45, 2.75) is 57.9 Å². The van der Waals surface area contributed by atoms with Crippen LogP contribution in [0.25, 0.3) is 0 Å². The number of aromatic nitrogens is 3. The monoisotopic (exact) mass is 408 g/mol. The molecule has 0 aromatic carbocycles. The second kappa shape index (κ2) is 7.68. The Morgan fingerprint density at radius 2 is 2.14 bits per heavy atom. The van der Waals surface area contributed by atoms with Gasteiger partial charge in [-0.2, -0.15) is 18.2 Å². The molecule has 7 nitrogen and oxygen atoms in total. The van der Waals surface area contributed by atoms with Crippen molar-refractivity contribution in [1.29, 1.82) is 0 Å². The molecule has 0 spiro atoms. The van der Waals surface area contributed by atoms with E-state index in [9.17, 15) is 18.0 Å². The summed E-state index contributed by atoms with van der Waals surface area (Å²) in [6.07, 6.45) is -2.90. The minimum absolute atomic E-state index is 0.104. The van der Waals surface area contributed by atoms with Crippen LogP contribution in [-0.4, -0.2) is 41.2 Å². The van der Waals surface area contributed by atoms with Gasteiger partial charge in [0.15, 0.2) is 11.9 Å². The summed E-state index contributed by atoms with van der Waals surface area (Å²) in [4.78, 5) is 21.0. The van der Waals surface area contributed by atoms with Gasteiger partial charge in [-0.3, -0.25) is 9.78 Å². The molecular formula is C18H20BF3N4O3. The first-order valence-electron chi connectivity index (χ1n) is 9.10. The third kappa shape index (κ3) is 5.07. The molecule has 2 radical (unpaired) electrons. The SMILES string of the molecule is [B]c1cnc(C(=O)NC(C)(CC2CC2)c2noc(C)n2)cc1O[C@@H](C)C(F)(F)F. The molecule has 2 aromatic rings. The summed E-state index contributed by atoms with van der Waals surface area (Å²) in [5.41, 5.74) is -1.16. The molecular weight excluding hydrogens is 388 g/mol. The number of ether oxygens (including phenoxy) is 1. The maximum Gasteiger partial charge on any atom is 0.425 e. The molecule has 2 atom stereocenters. The van der Waals surface area contributed by atoms with Crippen molar-refractivity contribution in [3.8, 4) is 5.75 Å². The molecule has 1 amide bonds. The van der Waals surface area contributed by atoms with Crippen molar-refractivity contribution in [2.24, 2.45) is 5.92 Å². The van der Waals surface area contributed by atoms with Crippen molar-refractivity contribution < 1.29 is 27.2 Å². The Kier molecular flexibility index (Phi) is 5.60. The number of pyridine rings is 1. The highest BCUT2D eigenvalue weighted by molar-refractivity contribution is 6.34. The van der Waals surface area contributed by atoms with E-state index in [1.165, 1.54) is 0 Å². The van der Waals surface area contributed by atoms with Crippen molar-refractivity contribution in [2.75, 3.05) is 0 Å². The quantitative estimate of drug-likeness (QED) is 0.708. The van der Waals surface area contributed by atoms with E-state index in [0.717, 1.165) is 32.0 Å². The Balaban J connectivity index is 1.82. The highest BCUT2D eigenvalue weighted by Gasteiger charge is 2.40. The fourth-order valence-corrected chi connectivity index (χ4v) is 2.87. The summed E-state index contributed by atoms with van der Waals surface area (Å²) in [7, 11) is 5.66. The van der Waals surface area contributed by atoms with Crippen LogP contribution in [0.15, 0.2) is 16.8 Å². The van der Waals surface area contributed by atoms with Gasteiger partial charge in [0.25, 0.3) is 5.91 Å². The number of nitrogens with one attached hydrogen (secondary N) is 1. The van der Waals surface area contributed by atoms with Gasteiger partial charge in [-0.15, -0.1) is 0 Å². The van der Waals surface area contributed by atoms with Gasteiger partial charge < -0.3 is 14.6 Å². The number of hydrogen-bond acceptors (Lipinski definition) is 6. The van der Waals surface area contributed by atoms with Crippen LogP contribution in [0, 0.1) is 12.8 Å². The third-order valence-corrected chi connectivity index (χ3v) is 4.70. The van der Waals surface area contributed by atoms with E-state index >= 15 is 0 Å². The first kappa shape index (κ1) is 21.1. The van der Waals surface area contributed by atoms with Crippen molar-refractivity contribution in [1.82, 2.24) is 20.4 Å². The highest BCUT2D eigenvalue weighted by Crippen LogP contribution is 2.40. The average Bonchev–Trinajstić information content (AvgIpc) is 3.31. The summed E-state index contributed by atoms with van der Waals surface area (Å²) in [6.45, 7) is 4.27. The van der Waals surface area contributed by atoms with Crippen LogP contribution in [0.1, 0.15) is 55.3 Å². The molecule has 0 bridgehead atoms. The fraction of sp³-hybridized carbons (Fsp3) is 0.556. The molecule has 3 rings (SSSR count). The lowest BCUT2D eigenvalue weighted by Crippen LogP contribution is -2.45. The number of alkyl halides is 3. The molecule has 1 aliphatic carbocycles. The number of carbonyl (C=O) groups is 1. The normalized spacial score (nSPS) is 17.4. The Morgan fingerprint density at radius 3 is 2.69 bits per heavy atom. The molecule has 1 saturated carbocycles. The number of aryl methyl sites for hydroxylation is 1. The zero-order chi connectivity index (χ0) is 21.4. The zero-order valence-electron chi connectivity index (χ0n) is 16.2. The van der Waals surface area contributed by atoms with E-state index in [4.69, 9.17) is 17.1 Å². The predicted molar refractivity (Wildman–Crippen MR) is 97.0 cm³/mol. The van der Waals surface area contributed by atoms with Crippen molar-refractivity contribution in [3.05, 3.63) is 29.7 Å². The van der Waals surface area contributed by atoms with Gasteiger partial charge in [0.05, 0.1) is 0 Å². The largest absolute Gasteiger partial charge is 0.482 e. The van der Waals surface area contributed by atoms with Gasteiger partial charge in [-0.25, -0.2) is 0 Å². The van der Waals surface area contributed by atoms with E-state index < -0.39 is 23.7 Å². The number of halogens is 3. The third-order valence-electron chi connectivity index (χ3n) is 4.70. The molecule has 0 aliphatic heterocycles. The predicted octanol–water partition coefficient (Wildman–Crippen LogP) is 2.34. The minimum atomic E-state index is -4.57. The van der Waals surface area contributed by atoms with E-state index in [0.29, 0.717) is 24.1 Å². The first-order chi connectivity index (χ1) is 13.5. The van der Waals surface area contributed by atoms with Crippen LogP contribution in [0.3, 0.4) is 0 Å². The molecule has 2 heterocycles. The number of carbonyl (C=O) groups excluding carboxylic acids is 1. The summed E-state index contributed by atoms with van der Waals surface area (Å²) in [5, 5.41) is 6.76. The van der Waals surface area contributed by atoms with Gasteiger partial charge in [0.1, 0.15) is 24.8 Å². The first-order valence-corrected chi connectivity index (χ1v) is 9.10. The smallest absolute Gasteiger partial charge is 0.425 e. The molecule has 0 saturated heterocycles. The minimum Gasteiger partial charge on any atom is -0.482 e. The van der Waals surface area contributed by atoms with E-state index in [1.807, 2.05) is 0 Å². The lowest BCUT2D eigenvalue weighted by molar-refractivity contribution is -0.189. The van der Waals surface area contributed by atoms with E-state index in [2.05, 4.69) is 20.4 Å². The molecule has 1 N–H and O–H groups in total. The summed E-state index contributed by atoms with van der Waals surface area (Å²) >= 11 is 0. The molecule has 11 heteroatoms. The van der Waals surface area contributed by atoms with Gasteiger partial charge in [0, 0.05) is 19.2 Å². The van der Waals surface area contributed by atoms with Gasteiger partial charge in [-0.1, -0.05) is 18.0 Å². The van der Waals surface area contributed by atoms with Gasteiger partial charge >= 0.3 is 6.18 Å². The van der Waals surface area contributed by atoms with Crippen LogP contribution < -0.4 is 15.5 Å². The fourth-order valence-electron chi connectivity index (χ4n) is 2.87. The Labute approximate surface area is 166 Å². The average molecular weight is 408 g/mol. The number of amides is 1. The van der Waals surface area contributed by atoms with Crippen LogP contribution >= 0.6 is 0 Å². The molecule has 29 heavy (non-hydrogen) atoms. The van der Waals surface area contributed by atoms with Crippen LogP contribution in [0.2, 0.25) is 0 Å². The van der Waals surface area contributed by atoms with E-state index in [-0.39, 0.29) is 16.9 Å². The highest BCUT2D eigenvalue weighted by atomic mass is 19.4. The van der Waals surface area contributed by atoms with E-state index in [1.54, 1.807) is 13.8 Å². The molecule has 1 unspecified atom stereocenters. The lowest BCUT2D eigenvalue weighted by Gasteiger charge is -2.27. The Bertz CT molecular complexity index is 901. The van der Waals surface area contributed by atoms with Crippen LogP contribution in [-0.2, 0) is 5.54 Å². The second-order valence-electron chi connectivity index (χ2n) is 7.48. The van der Waals surface area contributed by atoms with Gasteiger partial charge in [0.2, 0.25) is 5.89 Å². The molecule has 1 aliphatic rings. The summed E-state index contributed by atoms with van der Waals surface area (Å²) < 4.78 is 48.3. The Morgan fingerprint density at radius 1 is 1.45 bits per heavy atom. The summed E-state index contributed by atoms with van der Waals surface area (Å²) in [5.74, 6) is 0.228. The maximum absolute atomic E-state index is 12.8. The molecule has 154 valence electrons. The van der Waals surface area contributed by atoms with Crippen LogP contribution in [0.4, 0.5) is 13.2 Å². The lowest BCUT2D eigenvalue weighted by atomic mass is 9.93. The van der Waals surface area contributed by atoms with Gasteiger partial charge in [-0.05, 0) is 31.6 Å². The standard InChI is InChI=1S/C18H20BF3N4O3/c1-9(18(20,21)22)28-14-6-13(23-8-12(14)19)15(27)25-17(3,7-11-4-5-11)16-24-10(2)29-26-16/h6,8-9,11H,4-5,7H2,1-3H3,(H,25,27)/t9-,17?/m0/s1. The maximum atomic E-state index is 12.8. The summed E-state index contributed by atoms with van der Waals surface area (Å²) in [6, 6.07) is 1.09. The number of rotatable bonds is 7. The van der Waals surface area contributed by atoms with Crippen molar-refractivity contribution >= 4 is 19.2 Å². The van der Waals surface area contributed by atoms with Crippen molar-refractivity contribution in [3.63, 3.8) is 0 Å². The second-order valence-corrected chi connectivity index (χ2v) is 7.48. The number of hydrogen-bond donors (Lipinski definition) is 1. The van der Waals surface area contributed by atoms with Crippen LogP contribution in [0.5, 0.6) is 5.75 Å². The Hall–Kier alpha value is -2.59. The zero-order valence-corrected chi connectivity index (χ0v) is 16.2. The molecule has 2 aromatic heterocycles. The molecule has 1 fully saturated rings. The topological polar surface area (TPSA) is 90.1 Å². The number of nitrogens with zero attached hydrogens (tertiary/aromatic N) is 3.